The number of hydrogen-bond acceptors (Lipinski definition) is 3. The van der Waals surface area contributed by atoms with Crippen LogP contribution < -0.4 is 4.74 Å². The number of fused-ring (bicyclic) bond motifs is 1. The van der Waals surface area contributed by atoms with Crippen LogP contribution in [0.2, 0.25) is 0 Å². The number of allylic oxidation sites excluding steroid dienone is 1. The van der Waals surface area contributed by atoms with Gasteiger partial charge in [-0.25, -0.2) is 0 Å². The zero-order valence-corrected chi connectivity index (χ0v) is 13.2. The SMILES string of the molecule is CCOc1cccc(C=C(C#N)C(=O)c2c[nH]c3ccccc23)c1. The summed E-state index contributed by atoms with van der Waals surface area (Å²) in [5.74, 6) is 0.417. The third-order valence-electron chi connectivity index (χ3n) is 3.68. The predicted octanol–water partition coefficient (Wildman–Crippen LogP) is 4.36. The summed E-state index contributed by atoms with van der Waals surface area (Å²) in [5, 5.41) is 10.2. The summed E-state index contributed by atoms with van der Waals surface area (Å²) >= 11 is 0. The molecule has 0 amide bonds. The molecule has 4 nitrogen and oxygen atoms in total. The second-order valence-corrected chi connectivity index (χ2v) is 5.25. The van der Waals surface area contributed by atoms with E-state index in [0.29, 0.717) is 17.9 Å². The maximum atomic E-state index is 12.7. The van der Waals surface area contributed by atoms with E-state index in [4.69, 9.17) is 4.74 Å². The number of aromatic nitrogens is 1. The molecule has 3 rings (SSSR count). The van der Waals surface area contributed by atoms with Crippen LogP contribution in [0, 0.1) is 11.3 Å². The third-order valence-corrected chi connectivity index (χ3v) is 3.68. The molecule has 0 aliphatic heterocycles. The molecule has 0 fully saturated rings. The summed E-state index contributed by atoms with van der Waals surface area (Å²) in [5.41, 5.74) is 2.22. The Morgan fingerprint density at radius 3 is 2.88 bits per heavy atom. The molecule has 1 N–H and O–H groups in total. The number of nitriles is 1. The lowest BCUT2D eigenvalue weighted by atomic mass is 10.0. The number of carbonyl (C=O) groups excluding carboxylic acids is 1. The second-order valence-electron chi connectivity index (χ2n) is 5.25. The first-order chi connectivity index (χ1) is 11.7. The Hall–Kier alpha value is -3.32. The van der Waals surface area contributed by atoms with E-state index in [0.717, 1.165) is 16.5 Å². The van der Waals surface area contributed by atoms with Crippen LogP contribution in [0.1, 0.15) is 22.8 Å². The molecule has 0 saturated carbocycles. The second kappa shape index (κ2) is 6.84. The molecule has 1 aromatic heterocycles. The van der Waals surface area contributed by atoms with Gasteiger partial charge in [0.1, 0.15) is 17.4 Å². The van der Waals surface area contributed by atoms with Gasteiger partial charge in [-0.05, 0) is 36.8 Å². The van der Waals surface area contributed by atoms with Crippen LogP contribution in [0.4, 0.5) is 0 Å². The highest BCUT2D eigenvalue weighted by Gasteiger charge is 2.16. The van der Waals surface area contributed by atoms with Crippen LogP contribution in [0.3, 0.4) is 0 Å². The highest BCUT2D eigenvalue weighted by molar-refractivity contribution is 6.19. The summed E-state index contributed by atoms with van der Waals surface area (Å²) in [6.07, 6.45) is 3.24. The van der Waals surface area contributed by atoms with E-state index >= 15 is 0 Å². The Labute approximate surface area is 140 Å². The molecule has 0 saturated heterocycles. The predicted molar refractivity (Wildman–Crippen MR) is 93.8 cm³/mol. The first-order valence-corrected chi connectivity index (χ1v) is 7.68. The molecular formula is C20H16N2O2. The summed E-state index contributed by atoms with van der Waals surface area (Å²) in [4.78, 5) is 15.8. The van der Waals surface area contributed by atoms with E-state index in [-0.39, 0.29) is 11.4 Å². The molecule has 2 aromatic carbocycles. The first kappa shape index (κ1) is 15.6. The van der Waals surface area contributed by atoms with E-state index in [1.54, 1.807) is 12.3 Å². The fourth-order valence-corrected chi connectivity index (χ4v) is 2.58. The Balaban J connectivity index is 1.98. The molecule has 118 valence electrons. The zero-order chi connectivity index (χ0) is 16.9. The summed E-state index contributed by atoms with van der Waals surface area (Å²) < 4.78 is 5.45. The van der Waals surface area contributed by atoms with Crippen molar-refractivity contribution in [2.45, 2.75) is 6.92 Å². The van der Waals surface area contributed by atoms with Crippen molar-refractivity contribution in [1.82, 2.24) is 4.98 Å². The van der Waals surface area contributed by atoms with Crippen molar-refractivity contribution >= 4 is 22.8 Å². The lowest BCUT2D eigenvalue weighted by molar-refractivity contribution is 0.104. The molecule has 4 heteroatoms. The topological polar surface area (TPSA) is 65.9 Å². The fourth-order valence-electron chi connectivity index (χ4n) is 2.58. The number of rotatable bonds is 5. The van der Waals surface area contributed by atoms with Gasteiger partial charge in [-0.1, -0.05) is 30.3 Å². The summed E-state index contributed by atoms with van der Waals surface area (Å²) in [6.45, 7) is 2.47. The van der Waals surface area contributed by atoms with Crippen LogP contribution >= 0.6 is 0 Å². The lowest BCUT2D eigenvalue weighted by Gasteiger charge is -2.04. The van der Waals surface area contributed by atoms with Crippen LogP contribution in [0.25, 0.3) is 17.0 Å². The van der Waals surface area contributed by atoms with E-state index in [9.17, 15) is 10.1 Å². The Morgan fingerprint density at radius 1 is 1.25 bits per heavy atom. The normalized spacial score (nSPS) is 11.2. The number of H-pyrrole nitrogens is 1. The number of carbonyl (C=O) groups is 1. The smallest absolute Gasteiger partial charge is 0.205 e. The molecule has 0 bridgehead atoms. The van der Waals surface area contributed by atoms with Gasteiger partial charge in [0.05, 0.1) is 6.61 Å². The van der Waals surface area contributed by atoms with Gasteiger partial charge >= 0.3 is 0 Å². The van der Waals surface area contributed by atoms with E-state index in [1.165, 1.54) is 0 Å². The number of nitrogens with one attached hydrogen (secondary N) is 1. The molecule has 3 aromatic rings. The Kier molecular flexibility index (Phi) is 4.44. The molecule has 0 spiro atoms. The number of hydrogen-bond donors (Lipinski definition) is 1. The molecular weight excluding hydrogens is 300 g/mol. The average molecular weight is 316 g/mol. The number of ketones is 1. The molecule has 24 heavy (non-hydrogen) atoms. The van der Waals surface area contributed by atoms with Crippen LogP contribution in [-0.4, -0.2) is 17.4 Å². The van der Waals surface area contributed by atoms with Crippen molar-refractivity contribution in [2.24, 2.45) is 0 Å². The zero-order valence-electron chi connectivity index (χ0n) is 13.2. The molecule has 0 radical (unpaired) electrons. The number of para-hydroxylation sites is 1. The first-order valence-electron chi connectivity index (χ1n) is 7.68. The van der Waals surface area contributed by atoms with Gasteiger partial charge in [0, 0.05) is 22.7 Å². The van der Waals surface area contributed by atoms with Gasteiger partial charge in [0.25, 0.3) is 0 Å². The van der Waals surface area contributed by atoms with Crippen LogP contribution in [0.15, 0.2) is 60.3 Å². The summed E-state index contributed by atoms with van der Waals surface area (Å²) in [6, 6.07) is 16.9. The maximum Gasteiger partial charge on any atom is 0.205 e. The van der Waals surface area contributed by atoms with E-state index in [2.05, 4.69) is 4.98 Å². The van der Waals surface area contributed by atoms with Gasteiger partial charge in [-0.3, -0.25) is 4.79 Å². The third kappa shape index (κ3) is 3.06. The maximum absolute atomic E-state index is 12.7. The van der Waals surface area contributed by atoms with Crippen molar-refractivity contribution in [3.8, 4) is 11.8 Å². The number of nitrogens with zero attached hydrogens (tertiary/aromatic N) is 1. The molecule has 0 aliphatic rings. The monoisotopic (exact) mass is 316 g/mol. The fraction of sp³-hybridized carbons (Fsp3) is 0.100. The molecule has 1 heterocycles. The van der Waals surface area contributed by atoms with Gasteiger partial charge in [0.2, 0.25) is 5.78 Å². The quantitative estimate of drug-likeness (QED) is 0.432. The van der Waals surface area contributed by atoms with Crippen molar-refractivity contribution in [1.29, 1.82) is 5.26 Å². The largest absolute Gasteiger partial charge is 0.494 e. The molecule has 0 unspecified atom stereocenters. The number of aromatic amines is 1. The molecule has 0 aliphatic carbocycles. The van der Waals surface area contributed by atoms with Crippen LogP contribution in [-0.2, 0) is 0 Å². The molecule has 0 atom stereocenters. The number of ether oxygens (including phenoxy) is 1. The van der Waals surface area contributed by atoms with Crippen molar-refractivity contribution < 1.29 is 9.53 Å². The summed E-state index contributed by atoms with van der Waals surface area (Å²) in [7, 11) is 0. The Morgan fingerprint density at radius 2 is 2.08 bits per heavy atom. The van der Waals surface area contributed by atoms with Gasteiger partial charge in [-0.2, -0.15) is 5.26 Å². The van der Waals surface area contributed by atoms with Crippen molar-refractivity contribution in [3.05, 3.63) is 71.4 Å². The average Bonchev–Trinajstić information content (AvgIpc) is 3.04. The minimum atomic E-state index is -0.295. The minimum Gasteiger partial charge on any atom is -0.494 e. The lowest BCUT2D eigenvalue weighted by Crippen LogP contribution is -2.01. The van der Waals surface area contributed by atoms with E-state index < -0.39 is 0 Å². The number of Topliss-reactive ketones (excluding diaryl/α,β-unsaturated/α-hetero) is 1. The van der Waals surface area contributed by atoms with E-state index in [1.807, 2.05) is 61.5 Å². The standard InChI is InChI=1S/C20H16N2O2/c1-2-24-16-7-5-6-14(11-16)10-15(12-21)20(23)18-13-22-19-9-4-3-8-17(18)19/h3-11,13,22H,2H2,1H3. The van der Waals surface area contributed by atoms with Crippen molar-refractivity contribution in [3.63, 3.8) is 0 Å². The highest BCUT2D eigenvalue weighted by Crippen LogP contribution is 2.22. The highest BCUT2D eigenvalue weighted by atomic mass is 16.5. The minimum absolute atomic E-state index is 0.0911. The van der Waals surface area contributed by atoms with Crippen molar-refractivity contribution in [2.75, 3.05) is 6.61 Å². The van der Waals surface area contributed by atoms with Gasteiger partial charge in [-0.15, -0.1) is 0 Å². The van der Waals surface area contributed by atoms with Gasteiger partial charge in [0.15, 0.2) is 0 Å². The van der Waals surface area contributed by atoms with Gasteiger partial charge < -0.3 is 9.72 Å². The van der Waals surface area contributed by atoms with Crippen LogP contribution in [0.5, 0.6) is 5.75 Å². The Bertz CT molecular complexity index is 961. The number of benzene rings is 2.